The first-order valence-corrected chi connectivity index (χ1v) is 8.76. The zero-order valence-corrected chi connectivity index (χ0v) is 15.5. The Morgan fingerprint density at radius 1 is 1.48 bits per heavy atom. The molecular weight excluding hydrogens is 340 g/mol. The Labute approximate surface area is 150 Å². The third kappa shape index (κ3) is 5.46. The second kappa shape index (κ2) is 8.48. The molecular formula is C16H21N6O2S+. The van der Waals surface area contributed by atoms with Crippen molar-refractivity contribution in [3.63, 3.8) is 0 Å². The Bertz CT molecular complexity index is 781. The van der Waals surface area contributed by atoms with Crippen LogP contribution in [-0.2, 0) is 11.2 Å². The molecule has 0 radical (unpaired) electrons. The van der Waals surface area contributed by atoms with Gasteiger partial charge in [0.15, 0.2) is 0 Å². The molecule has 1 N–H and O–H groups in total. The van der Waals surface area contributed by atoms with Gasteiger partial charge in [0.05, 0.1) is 30.2 Å². The van der Waals surface area contributed by atoms with E-state index in [1.54, 1.807) is 31.4 Å². The summed E-state index contributed by atoms with van der Waals surface area (Å²) in [6.07, 6.45) is 2.39. The van der Waals surface area contributed by atoms with E-state index in [0.717, 1.165) is 12.1 Å². The maximum Gasteiger partial charge on any atom is 0.305 e. The zero-order valence-electron chi connectivity index (χ0n) is 14.7. The summed E-state index contributed by atoms with van der Waals surface area (Å²) in [5.74, 6) is 0.583. The summed E-state index contributed by atoms with van der Waals surface area (Å²) < 4.78 is 5.02. The first-order chi connectivity index (χ1) is 11.9. The predicted octanol–water partition coefficient (Wildman–Crippen LogP) is 1.36. The molecule has 0 spiro atoms. The minimum atomic E-state index is -0.257. The third-order valence-electron chi connectivity index (χ3n) is 3.12. The van der Waals surface area contributed by atoms with E-state index in [4.69, 9.17) is 4.52 Å². The van der Waals surface area contributed by atoms with Crippen molar-refractivity contribution in [2.45, 2.75) is 25.3 Å². The highest BCUT2D eigenvalue weighted by Gasteiger charge is 2.16. The number of amides is 1. The van der Waals surface area contributed by atoms with Crippen LogP contribution in [0.5, 0.6) is 0 Å². The molecule has 25 heavy (non-hydrogen) atoms. The Balaban J connectivity index is 1.99. The van der Waals surface area contributed by atoms with E-state index >= 15 is 0 Å². The molecule has 2 aromatic rings. The first-order valence-electron chi connectivity index (χ1n) is 7.78. The van der Waals surface area contributed by atoms with Crippen molar-refractivity contribution in [1.29, 1.82) is 5.26 Å². The fraction of sp³-hybridized carbons (Fsp3) is 0.438. The van der Waals surface area contributed by atoms with E-state index < -0.39 is 0 Å². The molecule has 0 saturated heterocycles. The van der Waals surface area contributed by atoms with Gasteiger partial charge in [0.25, 0.3) is 6.20 Å². The lowest BCUT2D eigenvalue weighted by molar-refractivity contribution is -0.753. The highest BCUT2D eigenvalue weighted by Crippen LogP contribution is 2.21. The number of hydrogen-bond donors (Lipinski definition) is 1. The lowest BCUT2D eigenvalue weighted by Crippen LogP contribution is -2.53. The Morgan fingerprint density at radius 2 is 2.24 bits per heavy atom. The van der Waals surface area contributed by atoms with Gasteiger partial charge < -0.3 is 0 Å². The summed E-state index contributed by atoms with van der Waals surface area (Å²) in [4.78, 5) is 18.0. The molecule has 2 heterocycles. The van der Waals surface area contributed by atoms with Crippen LogP contribution < -0.4 is 15.1 Å². The topological polar surface area (TPSA) is 98.9 Å². The number of carbonyl (C=O) groups is 1. The summed E-state index contributed by atoms with van der Waals surface area (Å²) in [5.41, 5.74) is 1.38. The number of aromatic nitrogens is 3. The maximum absolute atomic E-state index is 12.1. The van der Waals surface area contributed by atoms with Crippen LogP contribution in [0.15, 0.2) is 27.9 Å². The monoisotopic (exact) mass is 361 g/mol. The second-order valence-corrected chi connectivity index (χ2v) is 7.00. The van der Waals surface area contributed by atoms with E-state index in [2.05, 4.69) is 35.5 Å². The number of thioether (sulfide) groups is 1. The molecule has 2 rings (SSSR count). The molecule has 1 amide bonds. The van der Waals surface area contributed by atoms with Crippen LogP contribution in [0, 0.1) is 17.2 Å². The molecule has 0 atom stereocenters. The van der Waals surface area contributed by atoms with Gasteiger partial charge in [-0.25, -0.2) is 4.98 Å². The average Bonchev–Trinajstić information content (AvgIpc) is 3.01. The van der Waals surface area contributed by atoms with Gasteiger partial charge in [0.1, 0.15) is 11.1 Å². The number of rotatable bonds is 7. The van der Waals surface area contributed by atoms with E-state index in [9.17, 15) is 10.1 Å². The molecule has 0 bridgehead atoms. The molecule has 0 aliphatic carbocycles. The Hall–Kier alpha value is -2.60. The van der Waals surface area contributed by atoms with E-state index in [1.165, 1.54) is 16.6 Å². The average molecular weight is 361 g/mol. The molecule has 0 aliphatic rings. The van der Waals surface area contributed by atoms with Crippen LogP contribution in [-0.4, -0.2) is 36.0 Å². The summed E-state index contributed by atoms with van der Waals surface area (Å²) >= 11 is 1.23. The van der Waals surface area contributed by atoms with Crippen molar-refractivity contribution < 1.29 is 14.1 Å². The molecule has 0 unspecified atom stereocenters. The molecule has 0 aliphatic heterocycles. The highest BCUT2D eigenvalue weighted by molar-refractivity contribution is 8.00. The lowest BCUT2D eigenvalue weighted by Gasteiger charge is -2.08. The lowest BCUT2D eigenvalue weighted by atomic mass is 10.1. The quantitative estimate of drug-likeness (QED) is 0.587. The van der Waals surface area contributed by atoms with Crippen LogP contribution >= 0.6 is 11.8 Å². The van der Waals surface area contributed by atoms with Crippen molar-refractivity contribution in [2.24, 2.45) is 5.92 Å². The van der Waals surface area contributed by atoms with Crippen LogP contribution in [0.25, 0.3) is 0 Å². The van der Waals surface area contributed by atoms with Crippen molar-refractivity contribution in [1.82, 2.24) is 10.3 Å². The van der Waals surface area contributed by atoms with E-state index in [1.807, 2.05) is 6.07 Å². The van der Waals surface area contributed by atoms with Crippen LogP contribution in [0.4, 0.5) is 5.88 Å². The number of carbonyl (C=O) groups excluding carboxylic acids is 1. The smallest absolute Gasteiger partial charge is 0.288 e. The van der Waals surface area contributed by atoms with E-state index in [-0.39, 0.29) is 17.5 Å². The Morgan fingerprint density at radius 3 is 2.84 bits per heavy atom. The second-order valence-electron chi connectivity index (χ2n) is 6.04. The van der Waals surface area contributed by atoms with Crippen LogP contribution in [0.1, 0.15) is 25.1 Å². The minimum Gasteiger partial charge on any atom is -0.288 e. The van der Waals surface area contributed by atoms with Crippen molar-refractivity contribution >= 4 is 23.6 Å². The molecule has 0 fully saturated rings. The van der Waals surface area contributed by atoms with Gasteiger partial charge in [0, 0.05) is 5.69 Å². The van der Waals surface area contributed by atoms with Crippen molar-refractivity contribution in [3.05, 3.63) is 29.6 Å². The van der Waals surface area contributed by atoms with Gasteiger partial charge in [-0.2, -0.15) is 10.3 Å². The van der Waals surface area contributed by atoms with Crippen molar-refractivity contribution in [2.75, 3.05) is 30.2 Å². The third-order valence-corrected chi connectivity index (χ3v) is 4.11. The largest absolute Gasteiger partial charge is 0.305 e. The summed E-state index contributed by atoms with van der Waals surface area (Å²) in [6, 6.07) is 5.72. The standard InChI is InChI=1S/C16H20N6O2S/c1-11(2)7-13-6-5-12(8-17)16(18-13)25-10-14(23)19-15-9-22(20-24-15)21(3)4/h5-6,9,11H,7,10H2,1-4H3/p+1. The number of pyridine rings is 1. The van der Waals surface area contributed by atoms with Gasteiger partial charge in [-0.3, -0.25) is 14.6 Å². The molecule has 0 aromatic carbocycles. The predicted molar refractivity (Wildman–Crippen MR) is 93.6 cm³/mol. The minimum absolute atomic E-state index is 0.121. The van der Waals surface area contributed by atoms with Crippen LogP contribution in [0.3, 0.4) is 0 Å². The highest BCUT2D eigenvalue weighted by atomic mass is 32.2. The first kappa shape index (κ1) is 18.7. The van der Waals surface area contributed by atoms with Gasteiger partial charge in [-0.1, -0.05) is 25.6 Å². The summed E-state index contributed by atoms with van der Waals surface area (Å²) in [6.45, 7) is 4.22. The number of hydrogen-bond acceptors (Lipinski definition) is 7. The Kier molecular flexibility index (Phi) is 6.36. The number of nitriles is 1. The molecule has 0 saturated carbocycles. The molecule has 132 valence electrons. The number of anilines is 1. The van der Waals surface area contributed by atoms with Crippen molar-refractivity contribution in [3.8, 4) is 6.07 Å². The van der Waals surface area contributed by atoms with E-state index in [0.29, 0.717) is 16.5 Å². The normalized spacial score (nSPS) is 10.6. The number of nitrogens with zero attached hydrogens (tertiary/aromatic N) is 5. The maximum atomic E-state index is 12.1. The number of nitrogens with one attached hydrogen (secondary N) is 1. The van der Waals surface area contributed by atoms with Gasteiger partial charge >= 0.3 is 5.88 Å². The summed E-state index contributed by atoms with van der Waals surface area (Å²) in [7, 11) is 3.59. The molecule has 8 nitrogen and oxygen atoms in total. The van der Waals surface area contributed by atoms with Crippen LogP contribution in [0.2, 0.25) is 0 Å². The molecule has 2 aromatic heterocycles. The van der Waals surface area contributed by atoms with Gasteiger partial charge in [-0.15, -0.1) is 0 Å². The van der Waals surface area contributed by atoms with Gasteiger partial charge in [0.2, 0.25) is 11.2 Å². The fourth-order valence-electron chi connectivity index (χ4n) is 1.99. The SMILES string of the molecule is CC(C)Cc1ccc(C#N)c(SCC(=O)Nc2c[n+](N(C)C)no2)n1. The fourth-order valence-corrected chi connectivity index (χ4v) is 2.79. The molecule has 9 heteroatoms. The van der Waals surface area contributed by atoms with Gasteiger partial charge in [-0.05, 0) is 24.5 Å². The summed E-state index contributed by atoms with van der Waals surface area (Å²) in [5, 5.41) is 17.8. The zero-order chi connectivity index (χ0) is 18.4.